The van der Waals surface area contributed by atoms with E-state index in [-0.39, 0.29) is 5.75 Å². The summed E-state index contributed by atoms with van der Waals surface area (Å²) in [6.07, 6.45) is 0. The lowest BCUT2D eigenvalue weighted by molar-refractivity contribution is -0.129. The van der Waals surface area contributed by atoms with Crippen LogP contribution in [0.2, 0.25) is 5.02 Å². The minimum Gasteiger partial charge on any atom is -0.507 e. The van der Waals surface area contributed by atoms with Gasteiger partial charge in [0, 0.05) is 34.5 Å². The third kappa shape index (κ3) is 2.56. The van der Waals surface area contributed by atoms with Gasteiger partial charge >= 0.3 is 5.97 Å². The number of phenols is 1. The highest BCUT2D eigenvalue weighted by Crippen LogP contribution is 2.40. The fraction of sp³-hybridized carbons (Fsp3) is 0.133. The van der Waals surface area contributed by atoms with E-state index in [9.17, 15) is 9.90 Å². The van der Waals surface area contributed by atoms with Crippen molar-refractivity contribution in [3.63, 3.8) is 0 Å². The van der Waals surface area contributed by atoms with Crippen molar-refractivity contribution in [2.75, 3.05) is 12.4 Å². The predicted octanol–water partition coefficient (Wildman–Crippen LogP) is 3.72. The Kier molecular flexibility index (Phi) is 3.86. The number of hydrogen-bond acceptors (Lipinski definition) is 4. The molecule has 0 aliphatic rings. The first-order valence-corrected chi connectivity index (χ1v) is 6.32. The summed E-state index contributed by atoms with van der Waals surface area (Å²) in [5.41, 5.74) is 0.800. The van der Waals surface area contributed by atoms with Gasteiger partial charge in [-0.25, -0.2) is 4.79 Å². The first-order chi connectivity index (χ1) is 9.43. The number of carbonyl (C=O) groups excluding carboxylic acids is 1. The lowest BCUT2D eigenvalue weighted by Gasteiger charge is -2.14. The Hall–Kier alpha value is -2.20. The Labute approximate surface area is 121 Å². The van der Waals surface area contributed by atoms with Crippen LogP contribution in [0.1, 0.15) is 6.92 Å². The highest BCUT2D eigenvalue weighted by Gasteiger charge is 2.16. The molecule has 2 rings (SSSR count). The van der Waals surface area contributed by atoms with Gasteiger partial charge < -0.3 is 15.2 Å². The Bertz CT molecular complexity index is 710. The minimum absolute atomic E-state index is 0.0574. The van der Waals surface area contributed by atoms with Crippen molar-refractivity contribution in [1.29, 1.82) is 0 Å². The second-order valence-corrected chi connectivity index (χ2v) is 4.82. The first kappa shape index (κ1) is 14.2. The van der Waals surface area contributed by atoms with Crippen LogP contribution >= 0.6 is 11.6 Å². The number of halogens is 1. The Balaban J connectivity index is 2.69. The molecule has 0 spiro atoms. The van der Waals surface area contributed by atoms with Crippen LogP contribution in [-0.4, -0.2) is 18.1 Å². The topological polar surface area (TPSA) is 58.6 Å². The molecule has 0 atom stereocenters. The molecule has 104 valence electrons. The summed E-state index contributed by atoms with van der Waals surface area (Å²) in [6, 6.07) is 6.46. The van der Waals surface area contributed by atoms with Gasteiger partial charge in [-0.1, -0.05) is 18.2 Å². The van der Waals surface area contributed by atoms with Crippen LogP contribution in [0.4, 0.5) is 5.69 Å². The van der Waals surface area contributed by atoms with Crippen LogP contribution in [0.5, 0.6) is 11.5 Å². The van der Waals surface area contributed by atoms with Crippen LogP contribution in [-0.2, 0) is 4.79 Å². The normalized spacial score (nSPS) is 10.3. The van der Waals surface area contributed by atoms with Gasteiger partial charge in [-0.15, -0.1) is 0 Å². The molecule has 5 heteroatoms. The molecule has 2 aromatic rings. The van der Waals surface area contributed by atoms with E-state index in [1.807, 2.05) is 0 Å². The van der Waals surface area contributed by atoms with Gasteiger partial charge in [-0.3, -0.25) is 0 Å². The zero-order valence-electron chi connectivity index (χ0n) is 11.2. The van der Waals surface area contributed by atoms with E-state index in [0.29, 0.717) is 32.8 Å². The molecule has 0 unspecified atom stereocenters. The fourth-order valence-corrected chi connectivity index (χ4v) is 2.00. The highest BCUT2D eigenvalue weighted by molar-refractivity contribution is 6.31. The molecule has 0 radical (unpaired) electrons. The van der Waals surface area contributed by atoms with Crippen molar-refractivity contribution in [2.24, 2.45) is 0 Å². The Morgan fingerprint density at radius 1 is 1.35 bits per heavy atom. The number of ether oxygens (including phenoxy) is 1. The smallest absolute Gasteiger partial charge is 0.338 e. The van der Waals surface area contributed by atoms with Gasteiger partial charge in [0.25, 0.3) is 0 Å². The molecule has 20 heavy (non-hydrogen) atoms. The van der Waals surface area contributed by atoms with Crippen LogP contribution in [0.15, 0.2) is 36.4 Å². The second kappa shape index (κ2) is 5.43. The highest BCUT2D eigenvalue weighted by atomic mass is 35.5. The number of esters is 1. The quantitative estimate of drug-likeness (QED) is 0.514. The zero-order chi connectivity index (χ0) is 14.9. The standard InChI is InChI=1S/C15H14ClNO3/c1-8(2)15(19)20-14-10-5-4-9(16)6-11(10)13(18)7-12(14)17-3/h4-7,17-18H,1H2,2-3H3. The average molecular weight is 292 g/mol. The number of aromatic hydroxyl groups is 1. The summed E-state index contributed by atoms with van der Waals surface area (Å²) in [5, 5.41) is 14.5. The summed E-state index contributed by atoms with van der Waals surface area (Å²) in [6.45, 7) is 5.12. The maximum Gasteiger partial charge on any atom is 0.338 e. The molecular weight excluding hydrogens is 278 g/mol. The number of phenolic OH excluding ortho intramolecular Hbond substituents is 1. The number of nitrogens with one attached hydrogen (secondary N) is 1. The fourth-order valence-electron chi connectivity index (χ4n) is 1.83. The summed E-state index contributed by atoms with van der Waals surface area (Å²) in [7, 11) is 1.68. The molecule has 0 bridgehead atoms. The van der Waals surface area contributed by atoms with E-state index < -0.39 is 5.97 Å². The summed E-state index contributed by atoms with van der Waals surface area (Å²) < 4.78 is 5.35. The molecule has 0 aromatic heterocycles. The van der Waals surface area contributed by atoms with Gasteiger partial charge in [0.1, 0.15) is 5.75 Å². The molecule has 4 nitrogen and oxygen atoms in total. The molecule has 0 heterocycles. The number of benzene rings is 2. The number of carbonyl (C=O) groups is 1. The first-order valence-electron chi connectivity index (χ1n) is 5.94. The van der Waals surface area contributed by atoms with Gasteiger partial charge in [0.15, 0.2) is 5.75 Å². The molecule has 0 fully saturated rings. The average Bonchev–Trinajstić information content (AvgIpc) is 2.41. The van der Waals surface area contributed by atoms with Crippen molar-refractivity contribution in [3.8, 4) is 11.5 Å². The van der Waals surface area contributed by atoms with Crippen molar-refractivity contribution in [3.05, 3.63) is 41.4 Å². The molecule has 0 aliphatic heterocycles. The molecule has 2 aromatic carbocycles. The zero-order valence-corrected chi connectivity index (χ0v) is 11.9. The summed E-state index contributed by atoms with van der Waals surface area (Å²) >= 11 is 5.92. The maximum atomic E-state index is 11.7. The third-order valence-corrected chi connectivity index (χ3v) is 3.08. The molecule has 0 amide bonds. The lowest BCUT2D eigenvalue weighted by atomic mass is 10.1. The SMILES string of the molecule is C=C(C)C(=O)Oc1c(NC)cc(O)c2cc(Cl)ccc12. The Morgan fingerprint density at radius 2 is 2.05 bits per heavy atom. The maximum absolute atomic E-state index is 11.7. The van der Waals surface area contributed by atoms with Crippen LogP contribution in [0.25, 0.3) is 10.8 Å². The number of anilines is 1. The number of rotatable bonds is 3. The van der Waals surface area contributed by atoms with Crippen LogP contribution < -0.4 is 10.1 Å². The van der Waals surface area contributed by atoms with Gasteiger partial charge in [0.05, 0.1) is 5.69 Å². The van der Waals surface area contributed by atoms with Gasteiger partial charge in [-0.05, 0) is 25.1 Å². The summed E-state index contributed by atoms with van der Waals surface area (Å²) in [5.74, 6) is -0.129. The second-order valence-electron chi connectivity index (χ2n) is 4.38. The predicted molar refractivity (Wildman–Crippen MR) is 80.6 cm³/mol. The van der Waals surface area contributed by atoms with Crippen molar-refractivity contribution >= 4 is 34.0 Å². The van der Waals surface area contributed by atoms with E-state index in [1.165, 1.54) is 6.07 Å². The van der Waals surface area contributed by atoms with Gasteiger partial charge in [0.2, 0.25) is 0 Å². The molecule has 0 aliphatic carbocycles. The van der Waals surface area contributed by atoms with Crippen molar-refractivity contribution < 1.29 is 14.6 Å². The van der Waals surface area contributed by atoms with E-state index in [0.717, 1.165) is 0 Å². The van der Waals surface area contributed by atoms with Crippen molar-refractivity contribution in [2.45, 2.75) is 6.92 Å². The third-order valence-electron chi connectivity index (χ3n) is 2.84. The van der Waals surface area contributed by atoms with Crippen LogP contribution in [0, 0.1) is 0 Å². The molecule has 0 saturated carbocycles. The minimum atomic E-state index is -0.525. The van der Waals surface area contributed by atoms with Gasteiger partial charge in [-0.2, -0.15) is 0 Å². The molecular formula is C15H14ClNO3. The van der Waals surface area contributed by atoms with E-state index in [2.05, 4.69) is 11.9 Å². The molecule has 2 N–H and O–H groups in total. The van der Waals surface area contributed by atoms with Crippen molar-refractivity contribution in [1.82, 2.24) is 0 Å². The Morgan fingerprint density at radius 3 is 2.65 bits per heavy atom. The van der Waals surface area contributed by atoms with Crippen LogP contribution in [0.3, 0.4) is 0 Å². The van der Waals surface area contributed by atoms with E-state index >= 15 is 0 Å². The monoisotopic (exact) mass is 291 g/mol. The van der Waals surface area contributed by atoms with E-state index in [1.54, 1.807) is 32.2 Å². The summed E-state index contributed by atoms with van der Waals surface area (Å²) in [4.78, 5) is 11.7. The molecule has 0 saturated heterocycles. The number of fused-ring (bicyclic) bond motifs is 1. The number of hydrogen-bond donors (Lipinski definition) is 2. The van der Waals surface area contributed by atoms with E-state index in [4.69, 9.17) is 16.3 Å². The lowest BCUT2D eigenvalue weighted by Crippen LogP contribution is -2.10. The largest absolute Gasteiger partial charge is 0.507 e.